The molecule has 13 heavy (non-hydrogen) atoms. The van der Waals surface area contributed by atoms with E-state index in [0.29, 0.717) is 6.61 Å². The van der Waals surface area contributed by atoms with Crippen molar-refractivity contribution in [2.24, 2.45) is 16.7 Å². The molecule has 0 aromatic heterocycles. The zero-order chi connectivity index (χ0) is 9.32. The first-order valence-electron chi connectivity index (χ1n) is 5.32. The highest BCUT2D eigenvalue weighted by Gasteiger charge is 2.72. The van der Waals surface area contributed by atoms with Crippen LogP contribution in [0.25, 0.3) is 0 Å². The highest BCUT2D eigenvalue weighted by Crippen LogP contribution is 2.70. The van der Waals surface area contributed by atoms with Gasteiger partial charge in [0.2, 0.25) is 0 Å². The third-order valence-corrected chi connectivity index (χ3v) is 5.26. The van der Waals surface area contributed by atoms with Crippen LogP contribution in [0.15, 0.2) is 0 Å². The fraction of sp³-hybridized carbons (Fsp3) is 1.00. The molecule has 0 amide bonds. The molecule has 2 bridgehead atoms. The van der Waals surface area contributed by atoms with E-state index in [2.05, 4.69) is 13.8 Å². The van der Waals surface area contributed by atoms with Gasteiger partial charge in [-0.05, 0) is 30.6 Å². The molecule has 0 aromatic rings. The number of ether oxygens (including phenoxy) is 1. The normalized spacial score (nSPS) is 57.0. The second-order valence-electron chi connectivity index (χ2n) is 5.79. The van der Waals surface area contributed by atoms with Crippen LogP contribution in [-0.4, -0.2) is 23.9 Å². The van der Waals surface area contributed by atoms with Gasteiger partial charge in [0.25, 0.3) is 0 Å². The summed E-state index contributed by atoms with van der Waals surface area (Å²) in [7, 11) is 0. The third kappa shape index (κ3) is 0.637. The summed E-state index contributed by atoms with van der Waals surface area (Å²) in [5.74, 6) is 0.724. The summed E-state index contributed by atoms with van der Waals surface area (Å²) in [5.41, 5.74) is -0.328. The molecular weight excluding hydrogens is 164 g/mol. The van der Waals surface area contributed by atoms with E-state index in [-0.39, 0.29) is 10.8 Å². The minimum atomic E-state index is -0.525. The lowest BCUT2D eigenvalue weighted by atomic mass is 9.61. The third-order valence-electron chi connectivity index (χ3n) is 5.26. The molecule has 0 aromatic carbocycles. The first-order chi connectivity index (χ1) is 6.02. The summed E-state index contributed by atoms with van der Waals surface area (Å²) >= 11 is 0. The number of fused-ring (bicyclic) bond motifs is 1. The van der Waals surface area contributed by atoms with Crippen LogP contribution >= 0.6 is 0 Å². The predicted molar refractivity (Wildman–Crippen MR) is 49.3 cm³/mol. The summed E-state index contributed by atoms with van der Waals surface area (Å²) in [6, 6.07) is 0. The summed E-state index contributed by atoms with van der Waals surface area (Å²) in [5, 5.41) is 10.7. The van der Waals surface area contributed by atoms with Crippen LogP contribution in [0.1, 0.15) is 33.1 Å². The van der Waals surface area contributed by atoms with E-state index >= 15 is 0 Å². The van der Waals surface area contributed by atoms with Crippen molar-refractivity contribution >= 4 is 0 Å². The molecule has 1 N–H and O–H groups in total. The van der Waals surface area contributed by atoms with Gasteiger partial charge in [0, 0.05) is 5.41 Å². The Balaban J connectivity index is 2.14. The standard InChI is InChI=1S/C11H18O2/c1-9(2)8-3-4-10(5-8)6-13-7-11(9,10)12/h8,12H,3-7H2,1-2H3/t8-,10+,11+/m1/s1. The Morgan fingerprint density at radius 2 is 2.08 bits per heavy atom. The molecule has 1 aliphatic heterocycles. The molecule has 2 heteroatoms. The molecule has 1 heterocycles. The summed E-state index contributed by atoms with van der Waals surface area (Å²) in [6.07, 6.45) is 3.66. The maximum Gasteiger partial charge on any atom is 0.101 e. The Bertz CT molecular complexity index is 257. The van der Waals surface area contributed by atoms with Crippen LogP contribution in [-0.2, 0) is 4.74 Å². The van der Waals surface area contributed by atoms with Crippen molar-refractivity contribution in [3.63, 3.8) is 0 Å². The molecule has 0 radical (unpaired) electrons. The minimum absolute atomic E-state index is 0.0712. The topological polar surface area (TPSA) is 29.5 Å². The molecule has 0 unspecified atom stereocenters. The Kier molecular flexibility index (Phi) is 1.24. The predicted octanol–water partition coefficient (Wildman–Crippen LogP) is 1.57. The Hall–Kier alpha value is -0.0800. The zero-order valence-electron chi connectivity index (χ0n) is 8.47. The van der Waals surface area contributed by atoms with Gasteiger partial charge in [-0.2, -0.15) is 0 Å². The van der Waals surface area contributed by atoms with Crippen LogP contribution in [0, 0.1) is 16.7 Å². The molecular formula is C11H18O2. The molecule has 2 nitrogen and oxygen atoms in total. The average molecular weight is 182 g/mol. The maximum absolute atomic E-state index is 10.7. The van der Waals surface area contributed by atoms with E-state index in [4.69, 9.17) is 4.74 Å². The lowest BCUT2D eigenvalue weighted by Gasteiger charge is -2.46. The van der Waals surface area contributed by atoms with Crippen LogP contribution in [0.2, 0.25) is 0 Å². The lowest BCUT2D eigenvalue weighted by Crippen LogP contribution is -2.54. The number of aliphatic hydroxyl groups is 1. The van der Waals surface area contributed by atoms with E-state index in [9.17, 15) is 5.11 Å². The van der Waals surface area contributed by atoms with Crippen LogP contribution in [0.3, 0.4) is 0 Å². The van der Waals surface area contributed by atoms with Crippen molar-refractivity contribution < 1.29 is 9.84 Å². The summed E-state index contributed by atoms with van der Waals surface area (Å²) in [6.45, 7) is 5.79. The maximum atomic E-state index is 10.7. The lowest BCUT2D eigenvalue weighted by molar-refractivity contribution is -0.123. The van der Waals surface area contributed by atoms with Crippen molar-refractivity contribution in [1.29, 1.82) is 0 Å². The van der Waals surface area contributed by atoms with E-state index in [1.54, 1.807) is 0 Å². The molecule has 2 saturated carbocycles. The van der Waals surface area contributed by atoms with Gasteiger partial charge in [-0.1, -0.05) is 13.8 Å². The van der Waals surface area contributed by atoms with E-state index in [1.807, 2.05) is 0 Å². The van der Waals surface area contributed by atoms with E-state index in [0.717, 1.165) is 12.5 Å². The number of hydrogen-bond donors (Lipinski definition) is 1. The average Bonchev–Trinajstić information content (AvgIpc) is 2.64. The molecule has 74 valence electrons. The molecule has 3 rings (SSSR count). The molecule has 3 aliphatic rings. The Morgan fingerprint density at radius 3 is 2.77 bits per heavy atom. The second-order valence-corrected chi connectivity index (χ2v) is 5.79. The highest BCUT2D eigenvalue weighted by atomic mass is 16.5. The molecule has 1 saturated heterocycles. The smallest absolute Gasteiger partial charge is 0.101 e. The van der Waals surface area contributed by atoms with Gasteiger partial charge in [0.15, 0.2) is 0 Å². The van der Waals surface area contributed by atoms with Crippen molar-refractivity contribution in [1.82, 2.24) is 0 Å². The zero-order valence-corrected chi connectivity index (χ0v) is 8.47. The van der Waals surface area contributed by atoms with Gasteiger partial charge in [-0.3, -0.25) is 0 Å². The van der Waals surface area contributed by atoms with Gasteiger partial charge in [-0.25, -0.2) is 0 Å². The van der Waals surface area contributed by atoms with Crippen LogP contribution < -0.4 is 0 Å². The van der Waals surface area contributed by atoms with Crippen molar-refractivity contribution in [3.8, 4) is 0 Å². The first-order valence-corrected chi connectivity index (χ1v) is 5.32. The molecule has 1 spiro atoms. The number of hydrogen-bond acceptors (Lipinski definition) is 2. The van der Waals surface area contributed by atoms with Crippen LogP contribution in [0.4, 0.5) is 0 Å². The monoisotopic (exact) mass is 182 g/mol. The van der Waals surface area contributed by atoms with Crippen LogP contribution in [0.5, 0.6) is 0 Å². The second kappa shape index (κ2) is 1.96. The van der Waals surface area contributed by atoms with Crippen molar-refractivity contribution in [3.05, 3.63) is 0 Å². The van der Waals surface area contributed by atoms with Crippen molar-refractivity contribution in [2.75, 3.05) is 13.2 Å². The minimum Gasteiger partial charge on any atom is -0.386 e. The van der Waals surface area contributed by atoms with Gasteiger partial charge in [0.05, 0.1) is 13.2 Å². The fourth-order valence-electron chi connectivity index (χ4n) is 4.12. The fourth-order valence-corrected chi connectivity index (χ4v) is 4.12. The summed E-state index contributed by atoms with van der Waals surface area (Å²) in [4.78, 5) is 0. The van der Waals surface area contributed by atoms with Gasteiger partial charge >= 0.3 is 0 Å². The molecule has 3 fully saturated rings. The van der Waals surface area contributed by atoms with Crippen molar-refractivity contribution in [2.45, 2.75) is 38.7 Å². The largest absolute Gasteiger partial charge is 0.386 e. The molecule has 2 aliphatic carbocycles. The molecule has 3 atom stereocenters. The van der Waals surface area contributed by atoms with E-state index < -0.39 is 5.60 Å². The number of rotatable bonds is 0. The van der Waals surface area contributed by atoms with Gasteiger partial charge < -0.3 is 9.84 Å². The Labute approximate surface area is 79.3 Å². The SMILES string of the molecule is CC1(C)[C@@H]2CC[C@@]3(COC[C@]13O)C2. The Morgan fingerprint density at radius 1 is 1.31 bits per heavy atom. The van der Waals surface area contributed by atoms with Gasteiger partial charge in [-0.15, -0.1) is 0 Å². The quantitative estimate of drug-likeness (QED) is 0.616. The van der Waals surface area contributed by atoms with Gasteiger partial charge in [0.1, 0.15) is 5.60 Å². The summed E-state index contributed by atoms with van der Waals surface area (Å²) < 4.78 is 5.52. The first kappa shape index (κ1) is 8.25. The highest BCUT2D eigenvalue weighted by molar-refractivity contribution is 5.21. The van der Waals surface area contributed by atoms with E-state index in [1.165, 1.54) is 19.3 Å².